The third-order valence-electron chi connectivity index (χ3n) is 5.58. The maximum atomic E-state index is 12.9. The van der Waals surface area contributed by atoms with Crippen LogP contribution in [-0.4, -0.2) is 40.5 Å². The Morgan fingerprint density at radius 2 is 2.04 bits per heavy atom. The molecule has 0 saturated carbocycles. The minimum atomic E-state index is -3.52. The van der Waals surface area contributed by atoms with Crippen molar-refractivity contribution >= 4 is 34.0 Å². The summed E-state index contributed by atoms with van der Waals surface area (Å²) in [6, 6.07) is 5.11. The molecule has 6 nitrogen and oxygen atoms in total. The van der Waals surface area contributed by atoms with Crippen LogP contribution in [0.1, 0.15) is 38.7 Å². The van der Waals surface area contributed by atoms with Crippen molar-refractivity contribution in [1.29, 1.82) is 0 Å². The maximum Gasteiger partial charge on any atom is 0.240 e. The molecule has 0 radical (unpaired) electrons. The van der Waals surface area contributed by atoms with Crippen LogP contribution in [0.15, 0.2) is 23.1 Å². The van der Waals surface area contributed by atoms with Gasteiger partial charge in [-0.25, -0.2) is 13.1 Å². The molecule has 2 aliphatic rings. The Hall–Kier alpha value is -1.15. The lowest BCUT2D eigenvalue weighted by Crippen LogP contribution is -2.35. The topological polar surface area (TPSA) is 78.5 Å². The van der Waals surface area contributed by atoms with Crippen molar-refractivity contribution in [2.24, 2.45) is 11.8 Å². The number of carbonyl (C=O) groups is 1. The highest BCUT2D eigenvalue weighted by atomic mass is 35.5. The second-order valence-electron chi connectivity index (χ2n) is 7.36. The normalized spacial score (nSPS) is 18.7. The molecule has 8 heteroatoms. The van der Waals surface area contributed by atoms with Gasteiger partial charge in [0.2, 0.25) is 15.9 Å². The highest BCUT2D eigenvalue weighted by molar-refractivity contribution is 7.89. The SMILES string of the molecule is CCNS(=O)(=O)c1ccc2c(c1)N(C(=O)CC(C)C1CCNCC1)CC2.Cl. The van der Waals surface area contributed by atoms with E-state index in [1.165, 1.54) is 0 Å². The smallest absolute Gasteiger partial charge is 0.240 e. The van der Waals surface area contributed by atoms with Gasteiger partial charge in [0.25, 0.3) is 0 Å². The molecule has 1 amide bonds. The number of fused-ring (bicyclic) bond motifs is 1. The first-order valence-electron chi connectivity index (χ1n) is 9.56. The van der Waals surface area contributed by atoms with E-state index in [4.69, 9.17) is 0 Å². The fraction of sp³-hybridized carbons (Fsp3) is 0.632. The van der Waals surface area contributed by atoms with E-state index in [0.29, 0.717) is 31.3 Å². The number of hydrogen-bond acceptors (Lipinski definition) is 4. The number of hydrogen-bond donors (Lipinski definition) is 2. The zero-order valence-corrected chi connectivity index (χ0v) is 17.7. The van der Waals surface area contributed by atoms with Crippen molar-refractivity contribution in [2.45, 2.75) is 44.4 Å². The van der Waals surface area contributed by atoms with Crippen LogP contribution in [0.25, 0.3) is 0 Å². The number of halogens is 1. The first-order valence-corrected chi connectivity index (χ1v) is 11.0. The van der Waals surface area contributed by atoms with E-state index >= 15 is 0 Å². The largest absolute Gasteiger partial charge is 0.317 e. The standard InChI is InChI=1S/C19H29N3O3S.ClH/c1-3-21-26(24,25)17-5-4-16-8-11-22(18(16)13-17)19(23)12-14(2)15-6-9-20-10-7-15;/h4-5,13-15,20-21H,3,6-12H2,1-2H3;1H. The van der Waals surface area contributed by atoms with E-state index in [1.54, 1.807) is 24.0 Å². The predicted molar refractivity (Wildman–Crippen MR) is 110 cm³/mol. The summed E-state index contributed by atoms with van der Waals surface area (Å²) in [7, 11) is -3.52. The van der Waals surface area contributed by atoms with E-state index in [0.717, 1.165) is 43.6 Å². The molecule has 1 aromatic rings. The Balaban J connectivity index is 0.00000261. The summed E-state index contributed by atoms with van der Waals surface area (Å²) in [6.07, 6.45) is 3.55. The molecule has 3 rings (SSSR count). The zero-order chi connectivity index (χ0) is 18.7. The molecule has 1 atom stereocenters. The molecule has 0 spiro atoms. The number of nitrogens with one attached hydrogen (secondary N) is 2. The Labute approximate surface area is 168 Å². The number of rotatable bonds is 6. The van der Waals surface area contributed by atoms with Crippen LogP contribution in [0.5, 0.6) is 0 Å². The molecule has 0 aliphatic carbocycles. The number of sulfonamides is 1. The molecule has 2 aliphatic heterocycles. The molecular weight excluding hydrogens is 386 g/mol. The van der Waals surface area contributed by atoms with Crippen molar-refractivity contribution in [3.05, 3.63) is 23.8 Å². The average molecular weight is 416 g/mol. The van der Waals surface area contributed by atoms with Crippen LogP contribution in [0.3, 0.4) is 0 Å². The van der Waals surface area contributed by atoms with Gasteiger partial charge in [-0.15, -0.1) is 12.4 Å². The van der Waals surface area contributed by atoms with Crippen LogP contribution in [0.4, 0.5) is 5.69 Å². The Bertz CT molecular complexity index is 763. The van der Waals surface area contributed by atoms with Crippen molar-refractivity contribution in [3.63, 3.8) is 0 Å². The molecule has 2 N–H and O–H groups in total. The number of benzene rings is 1. The van der Waals surface area contributed by atoms with Crippen LogP contribution < -0.4 is 14.9 Å². The van der Waals surface area contributed by atoms with Crippen LogP contribution in [0.2, 0.25) is 0 Å². The maximum absolute atomic E-state index is 12.9. The van der Waals surface area contributed by atoms with Gasteiger partial charge in [0, 0.05) is 25.2 Å². The fourth-order valence-corrected chi connectivity index (χ4v) is 5.08. The summed E-state index contributed by atoms with van der Waals surface area (Å²) in [5.74, 6) is 1.04. The van der Waals surface area contributed by atoms with Gasteiger partial charge < -0.3 is 10.2 Å². The van der Waals surface area contributed by atoms with E-state index in [-0.39, 0.29) is 23.2 Å². The van der Waals surface area contributed by atoms with Gasteiger partial charge in [-0.1, -0.05) is 19.9 Å². The minimum Gasteiger partial charge on any atom is -0.317 e. The lowest BCUT2D eigenvalue weighted by molar-refractivity contribution is -0.119. The lowest BCUT2D eigenvalue weighted by atomic mass is 9.84. The first-order chi connectivity index (χ1) is 12.4. The summed E-state index contributed by atoms with van der Waals surface area (Å²) in [6.45, 7) is 6.95. The van der Waals surface area contributed by atoms with E-state index < -0.39 is 10.0 Å². The summed E-state index contributed by atoms with van der Waals surface area (Å²) >= 11 is 0. The molecule has 1 aromatic carbocycles. The van der Waals surface area contributed by atoms with Crippen molar-refractivity contribution < 1.29 is 13.2 Å². The quantitative estimate of drug-likeness (QED) is 0.747. The minimum absolute atomic E-state index is 0. The molecule has 1 fully saturated rings. The van der Waals surface area contributed by atoms with Crippen LogP contribution in [0, 0.1) is 11.8 Å². The lowest BCUT2D eigenvalue weighted by Gasteiger charge is -2.29. The van der Waals surface area contributed by atoms with Gasteiger partial charge >= 0.3 is 0 Å². The van der Waals surface area contributed by atoms with E-state index in [1.807, 2.05) is 6.07 Å². The Morgan fingerprint density at radius 3 is 2.70 bits per heavy atom. The number of piperidine rings is 1. The summed E-state index contributed by atoms with van der Waals surface area (Å²) in [4.78, 5) is 14.9. The van der Waals surface area contributed by atoms with Crippen molar-refractivity contribution in [2.75, 3.05) is 31.1 Å². The van der Waals surface area contributed by atoms with Gasteiger partial charge in [0.1, 0.15) is 0 Å². The average Bonchev–Trinajstić information content (AvgIpc) is 3.05. The molecular formula is C19H30ClN3O3S. The fourth-order valence-electron chi connectivity index (χ4n) is 4.02. The number of amides is 1. The molecule has 27 heavy (non-hydrogen) atoms. The second kappa shape index (κ2) is 9.37. The van der Waals surface area contributed by atoms with E-state index in [9.17, 15) is 13.2 Å². The second-order valence-corrected chi connectivity index (χ2v) is 9.12. The number of anilines is 1. The van der Waals surface area contributed by atoms with Crippen molar-refractivity contribution in [1.82, 2.24) is 10.0 Å². The van der Waals surface area contributed by atoms with Crippen LogP contribution >= 0.6 is 12.4 Å². The van der Waals surface area contributed by atoms with Gasteiger partial charge in [0.05, 0.1) is 4.90 Å². The first kappa shape index (κ1) is 22.1. The Kier molecular flexibility index (Phi) is 7.68. The van der Waals surface area contributed by atoms with Gasteiger partial charge in [-0.05, 0) is 61.9 Å². The van der Waals surface area contributed by atoms with Gasteiger partial charge in [0.15, 0.2) is 0 Å². The molecule has 1 unspecified atom stereocenters. The zero-order valence-electron chi connectivity index (χ0n) is 16.0. The molecule has 2 heterocycles. The van der Waals surface area contributed by atoms with Gasteiger partial charge in [-0.2, -0.15) is 0 Å². The van der Waals surface area contributed by atoms with Gasteiger partial charge in [-0.3, -0.25) is 4.79 Å². The molecule has 1 saturated heterocycles. The predicted octanol–water partition coefficient (Wildman–Crippen LogP) is 2.32. The Morgan fingerprint density at radius 1 is 1.33 bits per heavy atom. The monoisotopic (exact) mass is 415 g/mol. The highest BCUT2D eigenvalue weighted by Gasteiger charge is 2.29. The van der Waals surface area contributed by atoms with Crippen LogP contribution in [-0.2, 0) is 21.2 Å². The number of nitrogens with zero attached hydrogens (tertiary/aromatic N) is 1. The highest BCUT2D eigenvalue weighted by Crippen LogP contribution is 2.33. The number of carbonyl (C=O) groups excluding carboxylic acids is 1. The third-order valence-corrected chi connectivity index (χ3v) is 7.13. The summed E-state index contributed by atoms with van der Waals surface area (Å²) in [5.41, 5.74) is 1.80. The van der Waals surface area contributed by atoms with E-state index in [2.05, 4.69) is 17.0 Å². The molecule has 152 valence electrons. The van der Waals surface area contributed by atoms with Crippen molar-refractivity contribution in [3.8, 4) is 0 Å². The summed E-state index contributed by atoms with van der Waals surface area (Å²) < 4.78 is 27.1. The molecule has 0 bridgehead atoms. The molecule has 0 aromatic heterocycles. The summed E-state index contributed by atoms with van der Waals surface area (Å²) in [5, 5.41) is 3.36. The third kappa shape index (κ3) is 5.02.